The van der Waals surface area contributed by atoms with E-state index >= 15 is 8.78 Å². The Kier molecular flexibility index (Phi) is 8.70. The van der Waals surface area contributed by atoms with Gasteiger partial charge in [-0.15, -0.1) is 0 Å². The first kappa shape index (κ1) is 37.4. The number of H-pyrrole nitrogens is 1. The Morgan fingerprint density at radius 1 is 1.05 bits per heavy atom. The lowest BCUT2D eigenvalue weighted by Crippen LogP contribution is -2.35. The number of fused-ring (bicyclic) bond motifs is 3. The molecule has 4 aromatic heterocycles. The van der Waals surface area contributed by atoms with E-state index in [-0.39, 0.29) is 35.1 Å². The van der Waals surface area contributed by atoms with Crippen LogP contribution in [0.5, 0.6) is 0 Å². The molecule has 2 aromatic carbocycles. The number of alkyl halides is 5. The smallest absolute Gasteiger partial charge is 0.346 e. The molecule has 0 radical (unpaired) electrons. The Balaban J connectivity index is 1.28. The molecule has 2 aliphatic carbocycles. The maximum atomic E-state index is 15.3. The van der Waals surface area contributed by atoms with Gasteiger partial charge in [0.15, 0.2) is 17.2 Å². The zero-order chi connectivity index (χ0) is 40.1. The van der Waals surface area contributed by atoms with Gasteiger partial charge < -0.3 is 10.3 Å². The number of pyridine rings is 1. The zero-order valence-electron chi connectivity index (χ0n) is 29.8. The Hall–Kier alpha value is -5.53. The van der Waals surface area contributed by atoms with E-state index in [4.69, 9.17) is 4.98 Å². The third kappa shape index (κ3) is 6.83. The lowest BCUT2D eigenvalue weighted by molar-refractivity contribution is -0.142. The van der Waals surface area contributed by atoms with Gasteiger partial charge in [-0.25, -0.2) is 27.2 Å². The summed E-state index contributed by atoms with van der Waals surface area (Å²) in [5.41, 5.74) is -1.16. The molecule has 0 spiro atoms. The third-order valence-electron chi connectivity index (χ3n) is 10.0. The van der Waals surface area contributed by atoms with E-state index in [2.05, 4.69) is 30.2 Å². The minimum Gasteiger partial charge on any atom is -0.346 e. The van der Waals surface area contributed by atoms with Gasteiger partial charge >= 0.3 is 6.18 Å². The number of carbonyl (C=O) groups is 1. The predicted molar refractivity (Wildman–Crippen MR) is 189 cm³/mol. The third-order valence-corrected chi connectivity index (χ3v) is 10.6. The summed E-state index contributed by atoms with van der Waals surface area (Å²) in [6, 6.07) is 8.07. The number of hydrogen-bond acceptors (Lipinski definition) is 7. The van der Waals surface area contributed by atoms with Crippen LogP contribution < -0.4 is 10.0 Å². The number of imidazole rings is 1. The first-order valence-electron chi connectivity index (χ1n) is 17.4. The van der Waals surface area contributed by atoms with Gasteiger partial charge in [0.2, 0.25) is 15.9 Å². The van der Waals surface area contributed by atoms with Gasteiger partial charge in [-0.05, 0) is 55.5 Å². The number of aryl methyl sites for hydroxylation is 1. The molecule has 0 saturated heterocycles. The molecule has 0 bridgehead atoms. The zero-order valence-corrected chi connectivity index (χ0v) is 30.6. The topological polar surface area (TPSA) is 152 Å². The molecule has 20 heteroatoms. The lowest BCUT2D eigenvalue weighted by Gasteiger charge is -2.23. The fourth-order valence-corrected chi connectivity index (χ4v) is 7.95. The number of sulfonamides is 1. The SMILES string of the molecule is C[C@@H]1Cc2c(C(F)(F)F)nn(CC(=O)N[C@@H](Cc3cc(F)cc(F)c3)c3nc4nc(C5CC5)[nH]c4cc3-c3cccc4c(NS(C)(=O)=O)nn(C)c34)c2C1(F)F. The minimum atomic E-state index is -5.07. The van der Waals surface area contributed by atoms with Gasteiger partial charge in [0.1, 0.15) is 29.7 Å². The van der Waals surface area contributed by atoms with Gasteiger partial charge in [-0.1, -0.05) is 19.1 Å². The number of amides is 1. The average Bonchev–Trinajstić information content (AvgIpc) is 3.54. The van der Waals surface area contributed by atoms with E-state index in [1.54, 1.807) is 31.3 Å². The molecule has 0 aliphatic heterocycles. The van der Waals surface area contributed by atoms with Crippen LogP contribution in [0, 0.1) is 17.6 Å². The number of anilines is 1. The van der Waals surface area contributed by atoms with E-state index in [1.165, 1.54) is 4.68 Å². The van der Waals surface area contributed by atoms with Crippen LogP contribution >= 0.6 is 0 Å². The highest BCUT2D eigenvalue weighted by molar-refractivity contribution is 7.92. The highest BCUT2D eigenvalue weighted by Crippen LogP contribution is 2.49. The molecule has 56 heavy (non-hydrogen) atoms. The molecule has 8 rings (SSSR count). The maximum absolute atomic E-state index is 15.3. The monoisotopic (exact) mass is 803 g/mol. The summed E-state index contributed by atoms with van der Waals surface area (Å²) in [4.78, 5) is 26.7. The van der Waals surface area contributed by atoms with Crippen molar-refractivity contribution in [3.05, 3.63) is 88.1 Å². The molecule has 2 atom stereocenters. The van der Waals surface area contributed by atoms with Crippen molar-refractivity contribution in [2.45, 2.75) is 63.2 Å². The van der Waals surface area contributed by atoms with Gasteiger partial charge in [0, 0.05) is 47.0 Å². The average molecular weight is 804 g/mol. The summed E-state index contributed by atoms with van der Waals surface area (Å²) in [7, 11) is -2.18. The molecular formula is C36H32F7N9O3S. The Morgan fingerprint density at radius 3 is 2.43 bits per heavy atom. The fourth-order valence-electron chi connectivity index (χ4n) is 7.44. The first-order valence-corrected chi connectivity index (χ1v) is 19.3. The molecule has 1 saturated carbocycles. The summed E-state index contributed by atoms with van der Waals surface area (Å²) >= 11 is 0. The van der Waals surface area contributed by atoms with Crippen LogP contribution in [0.3, 0.4) is 0 Å². The van der Waals surface area contributed by atoms with Crippen molar-refractivity contribution >= 4 is 43.8 Å². The number of hydrogen-bond donors (Lipinski definition) is 3. The molecule has 0 unspecified atom stereocenters. The summed E-state index contributed by atoms with van der Waals surface area (Å²) < 4.78 is 130. The van der Waals surface area contributed by atoms with E-state index in [0.717, 1.165) is 38.2 Å². The molecule has 6 aromatic rings. The van der Waals surface area contributed by atoms with Crippen LogP contribution in [-0.4, -0.2) is 55.1 Å². The summed E-state index contributed by atoms with van der Waals surface area (Å²) in [6.45, 7) is 0.0487. The number of rotatable bonds is 10. The Bertz CT molecular complexity index is 2660. The number of aromatic nitrogens is 7. The van der Waals surface area contributed by atoms with Gasteiger partial charge in [0.25, 0.3) is 5.92 Å². The highest BCUT2D eigenvalue weighted by atomic mass is 32.2. The van der Waals surface area contributed by atoms with E-state index in [1.807, 2.05) is 0 Å². The normalized spacial score (nSPS) is 17.4. The van der Waals surface area contributed by atoms with Crippen molar-refractivity contribution in [2.24, 2.45) is 13.0 Å². The number of benzene rings is 2. The van der Waals surface area contributed by atoms with Gasteiger partial charge in [-0.2, -0.15) is 32.1 Å². The number of carbonyl (C=O) groups excluding carboxylic acids is 1. The van der Waals surface area contributed by atoms with Crippen LogP contribution in [0.15, 0.2) is 42.5 Å². The molecule has 294 valence electrons. The van der Waals surface area contributed by atoms with Crippen molar-refractivity contribution < 1.29 is 43.9 Å². The number of aromatic amines is 1. The van der Waals surface area contributed by atoms with Crippen molar-refractivity contribution in [3.8, 4) is 11.1 Å². The lowest BCUT2D eigenvalue weighted by atomic mass is 9.94. The second kappa shape index (κ2) is 13.0. The first-order chi connectivity index (χ1) is 26.3. The van der Waals surface area contributed by atoms with Crippen molar-refractivity contribution in [2.75, 3.05) is 11.0 Å². The largest absolute Gasteiger partial charge is 0.435 e. The second-order valence-corrected chi connectivity index (χ2v) is 16.1. The molecular weight excluding hydrogens is 772 g/mol. The quantitative estimate of drug-likeness (QED) is 0.131. The van der Waals surface area contributed by atoms with Gasteiger partial charge in [0.05, 0.1) is 29.0 Å². The molecule has 3 N–H and O–H groups in total. The Morgan fingerprint density at radius 2 is 1.77 bits per heavy atom. The van der Waals surface area contributed by atoms with Crippen LogP contribution in [0.1, 0.15) is 65.8 Å². The van der Waals surface area contributed by atoms with E-state index < -0.39 is 81.5 Å². The number of nitrogens with zero attached hydrogens (tertiary/aromatic N) is 6. The van der Waals surface area contributed by atoms with Crippen LogP contribution in [0.2, 0.25) is 0 Å². The summed E-state index contributed by atoms with van der Waals surface area (Å²) in [5.74, 6) is -7.28. The van der Waals surface area contributed by atoms with Crippen LogP contribution in [0.25, 0.3) is 33.2 Å². The second-order valence-electron chi connectivity index (χ2n) is 14.4. The molecule has 4 heterocycles. The molecule has 1 fully saturated rings. The molecule has 2 aliphatic rings. The minimum absolute atomic E-state index is 0.0242. The number of para-hydroxylation sites is 1. The van der Waals surface area contributed by atoms with Crippen LogP contribution in [0.4, 0.5) is 36.6 Å². The van der Waals surface area contributed by atoms with Crippen molar-refractivity contribution in [3.63, 3.8) is 0 Å². The van der Waals surface area contributed by atoms with Gasteiger partial charge in [-0.3, -0.25) is 18.9 Å². The fraction of sp³-hybridized carbons (Fsp3) is 0.361. The highest BCUT2D eigenvalue weighted by Gasteiger charge is 2.54. The van der Waals surface area contributed by atoms with E-state index in [9.17, 15) is 35.2 Å². The summed E-state index contributed by atoms with van der Waals surface area (Å²) in [5, 5.41) is 10.9. The molecule has 12 nitrogen and oxygen atoms in total. The standard InChI is InChI=1S/C36H32F7N9O3S/c1-16-9-24-30(36(41,42)43)48-52(31(24)35(16,39)40)15-27(53)44-25(12-17-10-19(37)13-20(38)11-17)28-23(14-26-34(46-28)47-32(45-26)18-7-8-18)21-5-4-6-22-29(21)51(2)49-33(22)50-56(3,54)55/h4-6,10-11,13-14,16,18,25H,7-9,12,15H2,1-3H3,(H,44,53)(H,49,50)(H,45,46,47)/t16-,25+/m1/s1. The predicted octanol–water partition coefficient (Wildman–Crippen LogP) is 6.64. The maximum Gasteiger partial charge on any atom is 0.435 e. The molecule has 1 amide bonds. The van der Waals surface area contributed by atoms with Crippen LogP contribution in [-0.2, 0) is 53.4 Å². The number of nitrogens with one attached hydrogen (secondary N) is 3. The van der Waals surface area contributed by atoms with E-state index in [0.29, 0.717) is 44.1 Å². The number of halogens is 7. The summed E-state index contributed by atoms with van der Waals surface area (Å²) in [6.07, 6.45) is -3.26. The van der Waals surface area contributed by atoms with Crippen molar-refractivity contribution in [1.82, 2.24) is 39.8 Å². The Labute approximate surface area is 313 Å². The van der Waals surface area contributed by atoms with Crippen molar-refractivity contribution in [1.29, 1.82) is 0 Å².